The Morgan fingerprint density at radius 3 is 2.23 bits per heavy atom. The largest absolute Gasteiger partial charge is 0.466 e. The molecule has 1 spiro atoms. The van der Waals surface area contributed by atoms with Crippen LogP contribution in [0.3, 0.4) is 0 Å². The predicted octanol–water partition coefficient (Wildman–Crippen LogP) is 6.28. The van der Waals surface area contributed by atoms with Gasteiger partial charge in [0.05, 0.1) is 11.8 Å². The summed E-state index contributed by atoms with van der Waals surface area (Å²) in [5.74, 6) is 1.65. The van der Waals surface area contributed by atoms with E-state index in [2.05, 4.69) is 89.9 Å². The van der Waals surface area contributed by atoms with Gasteiger partial charge in [-0.15, -0.1) is 0 Å². The van der Waals surface area contributed by atoms with Crippen molar-refractivity contribution in [2.24, 2.45) is 5.10 Å². The first kappa shape index (κ1) is 17.8. The molecular weight excluding hydrogens is 368 g/mol. The summed E-state index contributed by atoms with van der Waals surface area (Å²) in [5, 5.41) is 7.50. The number of ether oxygens (including phenoxy) is 1. The summed E-state index contributed by atoms with van der Waals surface area (Å²) in [6, 6.07) is 30.4. The number of hydrogen-bond acceptors (Lipinski definition) is 3. The minimum absolute atomic E-state index is 0.262. The van der Waals surface area contributed by atoms with Crippen LogP contribution in [0.1, 0.15) is 60.8 Å². The molecule has 3 aromatic rings. The van der Waals surface area contributed by atoms with E-state index in [-0.39, 0.29) is 11.8 Å². The molecule has 1 saturated carbocycles. The molecule has 2 heterocycles. The highest BCUT2D eigenvalue weighted by atomic mass is 16.5. The average Bonchev–Trinajstić information content (AvgIpc) is 3.28. The average molecular weight is 395 g/mol. The second-order valence-electron chi connectivity index (χ2n) is 8.75. The van der Waals surface area contributed by atoms with Gasteiger partial charge in [0.1, 0.15) is 5.75 Å². The third-order valence-electron chi connectivity index (χ3n) is 7.05. The Morgan fingerprint density at radius 2 is 1.47 bits per heavy atom. The fourth-order valence-electron chi connectivity index (χ4n) is 5.49. The van der Waals surface area contributed by atoms with Crippen LogP contribution in [0.25, 0.3) is 0 Å². The minimum Gasteiger partial charge on any atom is -0.466 e. The van der Waals surface area contributed by atoms with Crippen LogP contribution >= 0.6 is 0 Å². The molecule has 1 atom stereocenters. The smallest absolute Gasteiger partial charge is 0.198 e. The molecule has 2 aliphatic heterocycles. The van der Waals surface area contributed by atoms with Gasteiger partial charge >= 0.3 is 0 Å². The summed E-state index contributed by atoms with van der Waals surface area (Å²) in [4.78, 5) is 0. The van der Waals surface area contributed by atoms with Crippen molar-refractivity contribution in [3.8, 4) is 5.75 Å². The lowest BCUT2D eigenvalue weighted by molar-refractivity contribution is -0.142. The van der Waals surface area contributed by atoms with Gasteiger partial charge in [0.25, 0.3) is 0 Å². The van der Waals surface area contributed by atoms with E-state index < -0.39 is 0 Å². The van der Waals surface area contributed by atoms with Crippen molar-refractivity contribution < 1.29 is 4.74 Å². The van der Waals surface area contributed by atoms with E-state index in [4.69, 9.17) is 9.84 Å². The molecule has 0 unspecified atom stereocenters. The van der Waals surface area contributed by atoms with Crippen molar-refractivity contribution in [2.45, 2.75) is 49.8 Å². The first-order valence-electron chi connectivity index (χ1n) is 11.1. The summed E-state index contributed by atoms with van der Waals surface area (Å²) < 4.78 is 6.76. The molecule has 150 valence electrons. The van der Waals surface area contributed by atoms with Gasteiger partial charge in [-0.1, -0.05) is 78.9 Å². The molecule has 0 aromatic heterocycles. The second-order valence-corrected chi connectivity index (χ2v) is 8.75. The van der Waals surface area contributed by atoms with E-state index in [1.165, 1.54) is 22.4 Å². The number of para-hydroxylation sites is 1. The number of fused-ring (bicyclic) bond motifs is 4. The predicted molar refractivity (Wildman–Crippen MR) is 120 cm³/mol. The lowest BCUT2D eigenvalue weighted by atomic mass is 9.78. The van der Waals surface area contributed by atoms with Crippen molar-refractivity contribution in [2.75, 3.05) is 0 Å². The third kappa shape index (κ3) is 2.84. The molecule has 0 N–H and O–H groups in total. The van der Waals surface area contributed by atoms with Crippen LogP contribution in [-0.2, 0) is 0 Å². The van der Waals surface area contributed by atoms with Crippen LogP contribution < -0.4 is 4.74 Å². The monoisotopic (exact) mass is 394 g/mol. The maximum atomic E-state index is 6.76. The summed E-state index contributed by atoms with van der Waals surface area (Å²) >= 11 is 0. The van der Waals surface area contributed by atoms with Crippen molar-refractivity contribution in [3.63, 3.8) is 0 Å². The summed E-state index contributed by atoms with van der Waals surface area (Å²) in [6.45, 7) is 0. The highest BCUT2D eigenvalue weighted by molar-refractivity contribution is 6.01. The summed E-state index contributed by atoms with van der Waals surface area (Å²) in [5.41, 5.74) is 4.78. The van der Waals surface area contributed by atoms with Gasteiger partial charge in [0.2, 0.25) is 0 Å². The number of benzene rings is 3. The molecular formula is C27H26N2O. The quantitative estimate of drug-likeness (QED) is 0.511. The molecule has 30 heavy (non-hydrogen) atoms. The number of rotatable bonds is 2. The first-order chi connectivity index (χ1) is 14.8. The van der Waals surface area contributed by atoms with Gasteiger partial charge < -0.3 is 4.74 Å². The fourth-order valence-corrected chi connectivity index (χ4v) is 5.49. The third-order valence-corrected chi connectivity index (χ3v) is 7.05. The van der Waals surface area contributed by atoms with Crippen LogP contribution in [0.5, 0.6) is 5.75 Å². The molecule has 1 fully saturated rings. The van der Waals surface area contributed by atoms with E-state index in [1.807, 2.05) is 0 Å². The number of hydrazone groups is 1. The SMILES string of the molecule is c1ccc(C2=NN3[C@@H](C2)c2ccccc2OC32CCC(c3ccccc3)CC2)cc1. The molecule has 0 radical (unpaired) electrons. The van der Waals surface area contributed by atoms with Crippen molar-refractivity contribution in [3.05, 3.63) is 102 Å². The van der Waals surface area contributed by atoms with Crippen LogP contribution in [0.2, 0.25) is 0 Å². The fraction of sp³-hybridized carbons (Fsp3) is 0.296. The normalized spacial score (nSPS) is 27.2. The zero-order valence-electron chi connectivity index (χ0n) is 17.1. The van der Waals surface area contributed by atoms with Crippen LogP contribution in [0.15, 0.2) is 90.0 Å². The molecule has 0 bridgehead atoms. The lowest BCUT2D eigenvalue weighted by Crippen LogP contribution is -2.55. The maximum Gasteiger partial charge on any atom is 0.198 e. The van der Waals surface area contributed by atoms with Crippen molar-refractivity contribution in [1.29, 1.82) is 0 Å². The molecule has 3 aliphatic rings. The molecule has 1 aliphatic carbocycles. The molecule has 3 aromatic carbocycles. The molecule has 3 nitrogen and oxygen atoms in total. The topological polar surface area (TPSA) is 24.8 Å². The second kappa shape index (κ2) is 7.02. The Morgan fingerprint density at radius 1 is 0.800 bits per heavy atom. The van der Waals surface area contributed by atoms with Gasteiger partial charge in [0.15, 0.2) is 5.72 Å². The van der Waals surface area contributed by atoms with E-state index in [1.54, 1.807) is 0 Å². The van der Waals surface area contributed by atoms with E-state index in [9.17, 15) is 0 Å². The van der Waals surface area contributed by atoms with Gasteiger partial charge in [0, 0.05) is 24.8 Å². The van der Waals surface area contributed by atoms with E-state index in [0.29, 0.717) is 5.92 Å². The van der Waals surface area contributed by atoms with Crippen LogP contribution in [0, 0.1) is 0 Å². The van der Waals surface area contributed by atoms with Gasteiger partial charge in [-0.05, 0) is 36.0 Å². The Balaban J connectivity index is 1.35. The Kier molecular flexibility index (Phi) is 4.15. The lowest BCUT2D eigenvalue weighted by Gasteiger charge is -2.50. The maximum absolute atomic E-state index is 6.76. The Hall–Kier alpha value is -3.07. The van der Waals surface area contributed by atoms with E-state index in [0.717, 1.165) is 37.9 Å². The Bertz CT molecular complexity index is 1070. The Labute approximate surface area is 178 Å². The molecule has 3 heteroatoms. The number of hydrogen-bond donors (Lipinski definition) is 0. The summed E-state index contributed by atoms with van der Waals surface area (Å²) in [6.07, 6.45) is 5.21. The zero-order valence-corrected chi connectivity index (χ0v) is 17.1. The minimum atomic E-state index is -0.333. The molecule has 6 rings (SSSR count). The van der Waals surface area contributed by atoms with Crippen molar-refractivity contribution in [1.82, 2.24) is 5.01 Å². The molecule has 0 saturated heterocycles. The highest BCUT2D eigenvalue weighted by Crippen LogP contribution is 2.52. The van der Waals surface area contributed by atoms with Crippen LogP contribution in [-0.4, -0.2) is 16.4 Å². The van der Waals surface area contributed by atoms with Gasteiger partial charge in [-0.2, -0.15) is 5.10 Å². The summed E-state index contributed by atoms with van der Waals surface area (Å²) in [7, 11) is 0. The van der Waals surface area contributed by atoms with Crippen molar-refractivity contribution >= 4 is 5.71 Å². The standard InChI is InChI=1S/C27H26N2O/c1-3-9-20(10-4-1)21-15-17-27(18-16-21)29-25(23-13-7-8-14-26(23)30-27)19-24(28-29)22-11-5-2-6-12-22/h1-14,21,25H,15-19H2/t21?,25-,27?/m0/s1. The number of nitrogens with zero attached hydrogens (tertiary/aromatic N) is 2. The molecule has 0 amide bonds. The van der Waals surface area contributed by atoms with Gasteiger partial charge in [-0.3, -0.25) is 0 Å². The highest BCUT2D eigenvalue weighted by Gasteiger charge is 2.51. The van der Waals surface area contributed by atoms with E-state index >= 15 is 0 Å². The zero-order chi connectivity index (χ0) is 20.0. The first-order valence-corrected chi connectivity index (χ1v) is 11.1. The van der Waals surface area contributed by atoms with Crippen LogP contribution in [0.4, 0.5) is 0 Å². The van der Waals surface area contributed by atoms with Gasteiger partial charge in [-0.25, -0.2) is 5.01 Å².